The Morgan fingerprint density at radius 3 is 1.12 bits per heavy atom. The number of nitrogens with two attached hydrogens (primary N) is 2. The first-order chi connectivity index (χ1) is 15.2. The molecular formula is C20H36N4O10. The third kappa shape index (κ3) is 20.3. The van der Waals surface area contributed by atoms with Gasteiger partial charge >= 0.3 is 24.1 Å². The SMILES string of the molecule is CC(C)(C)OC(=O)N[C@@H](CCC(N)=O)C(=O)O.CC(C)(C)OC(=O)N[C@@H](CCC(N)=O)C(=O)O. The van der Waals surface area contributed by atoms with E-state index < -0.39 is 59.2 Å². The molecule has 0 saturated heterocycles. The quantitative estimate of drug-likeness (QED) is 0.246. The van der Waals surface area contributed by atoms with E-state index >= 15 is 0 Å². The summed E-state index contributed by atoms with van der Waals surface area (Å²) < 4.78 is 9.79. The van der Waals surface area contributed by atoms with Crippen LogP contribution in [0, 0.1) is 0 Å². The Morgan fingerprint density at radius 1 is 0.676 bits per heavy atom. The van der Waals surface area contributed by atoms with E-state index in [9.17, 15) is 28.8 Å². The number of hydrogen-bond donors (Lipinski definition) is 6. The summed E-state index contributed by atoms with van der Waals surface area (Å²) in [5, 5.41) is 21.9. The highest BCUT2D eigenvalue weighted by Gasteiger charge is 2.25. The third-order valence-electron chi connectivity index (χ3n) is 3.34. The van der Waals surface area contributed by atoms with Crippen molar-refractivity contribution >= 4 is 35.9 Å². The van der Waals surface area contributed by atoms with Crippen LogP contribution in [0.5, 0.6) is 0 Å². The van der Waals surface area contributed by atoms with Gasteiger partial charge in [-0.05, 0) is 54.4 Å². The second kappa shape index (κ2) is 14.5. The standard InChI is InChI=1S/2C10H18N2O5/c2*1-10(2,3)17-9(16)12-6(8(14)15)4-5-7(11)13/h2*6H,4-5H2,1-3H3,(H2,11,13)(H,12,16)(H,14,15)/t2*6-/m00/s1. The summed E-state index contributed by atoms with van der Waals surface area (Å²) >= 11 is 0. The maximum atomic E-state index is 11.3. The molecule has 0 aromatic rings. The Balaban J connectivity index is 0. The minimum atomic E-state index is -1.24. The van der Waals surface area contributed by atoms with Gasteiger partial charge in [-0.2, -0.15) is 0 Å². The summed E-state index contributed by atoms with van der Waals surface area (Å²) in [5.74, 6) is -3.72. The van der Waals surface area contributed by atoms with Gasteiger partial charge in [0.25, 0.3) is 0 Å². The Hall–Kier alpha value is -3.58. The van der Waals surface area contributed by atoms with Crippen LogP contribution in [-0.4, -0.2) is 69.4 Å². The molecule has 196 valence electrons. The average molecular weight is 493 g/mol. The Kier molecular flexibility index (Phi) is 13.9. The summed E-state index contributed by atoms with van der Waals surface area (Å²) in [7, 11) is 0. The van der Waals surface area contributed by atoms with E-state index in [4.69, 9.17) is 31.2 Å². The van der Waals surface area contributed by atoms with E-state index in [0.717, 1.165) is 0 Å². The highest BCUT2D eigenvalue weighted by molar-refractivity contribution is 5.82. The van der Waals surface area contributed by atoms with Crippen molar-refractivity contribution in [2.45, 2.75) is 90.5 Å². The lowest BCUT2D eigenvalue weighted by Gasteiger charge is -2.21. The van der Waals surface area contributed by atoms with Crippen molar-refractivity contribution in [1.82, 2.24) is 10.6 Å². The van der Waals surface area contributed by atoms with E-state index in [0.29, 0.717) is 0 Å². The molecule has 0 saturated carbocycles. The number of ether oxygens (including phenoxy) is 2. The number of nitrogens with one attached hydrogen (secondary N) is 2. The maximum absolute atomic E-state index is 11.3. The Bertz CT molecular complexity index is 679. The van der Waals surface area contributed by atoms with E-state index in [1.165, 1.54) is 0 Å². The number of primary amides is 2. The summed E-state index contributed by atoms with van der Waals surface area (Å²) in [6.45, 7) is 9.95. The first-order valence-electron chi connectivity index (χ1n) is 10.2. The Morgan fingerprint density at radius 2 is 0.941 bits per heavy atom. The van der Waals surface area contributed by atoms with Gasteiger partial charge in [-0.1, -0.05) is 0 Å². The number of rotatable bonds is 10. The van der Waals surface area contributed by atoms with Gasteiger partial charge in [0, 0.05) is 12.8 Å². The van der Waals surface area contributed by atoms with Gasteiger partial charge in [-0.15, -0.1) is 0 Å². The average Bonchev–Trinajstić information content (AvgIpc) is 2.58. The normalized spacial score (nSPS) is 12.6. The number of alkyl carbamates (subject to hydrolysis) is 2. The number of amides is 4. The molecule has 0 aliphatic carbocycles. The molecule has 4 amide bonds. The molecule has 0 unspecified atom stereocenters. The highest BCUT2D eigenvalue weighted by atomic mass is 16.6. The maximum Gasteiger partial charge on any atom is 0.408 e. The largest absolute Gasteiger partial charge is 0.480 e. The number of carboxylic acid groups (broad SMARTS) is 2. The summed E-state index contributed by atoms with van der Waals surface area (Å²) in [4.78, 5) is 65.2. The molecule has 0 aliphatic rings. The van der Waals surface area contributed by atoms with Gasteiger partial charge < -0.3 is 41.8 Å². The molecule has 0 aliphatic heterocycles. The molecule has 8 N–H and O–H groups in total. The zero-order chi connectivity index (χ0) is 27.3. The lowest BCUT2D eigenvalue weighted by atomic mass is 10.1. The van der Waals surface area contributed by atoms with Gasteiger partial charge in [0.05, 0.1) is 0 Å². The minimum absolute atomic E-state index is 0.0656. The predicted octanol–water partition coefficient (Wildman–Crippen LogP) is 0.460. The van der Waals surface area contributed by atoms with Crippen LogP contribution in [0.25, 0.3) is 0 Å². The van der Waals surface area contributed by atoms with Crippen LogP contribution in [0.3, 0.4) is 0 Å². The number of carbonyl (C=O) groups excluding carboxylic acids is 4. The predicted molar refractivity (Wildman–Crippen MR) is 118 cm³/mol. The van der Waals surface area contributed by atoms with Crippen molar-refractivity contribution in [3.8, 4) is 0 Å². The van der Waals surface area contributed by atoms with Crippen LogP contribution < -0.4 is 22.1 Å². The molecule has 2 atom stereocenters. The molecule has 34 heavy (non-hydrogen) atoms. The summed E-state index contributed by atoms with van der Waals surface area (Å²) in [5.41, 5.74) is 8.37. The van der Waals surface area contributed by atoms with Gasteiger partial charge in [0.2, 0.25) is 11.8 Å². The highest BCUT2D eigenvalue weighted by Crippen LogP contribution is 2.08. The summed E-state index contributed by atoms with van der Waals surface area (Å²) in [6.07, 6.45) is -2.04. The molecule has 0 aromatic carbocycles. The van der Waals surface area contributed by atoms with Crippen molar-refractivity contribution in [2.75, 3.05) is 0 Å². The number of carboxylic acids is 2. The molecule has 0 radical (unpaired) electrons. The fourth-order valence-corrected chi connectivity index (χ4v) is 1.99. The molecule has 0 fully saturated rings. The molecule has 0 aromatic heterocycles. The number of carbonyl (C=O) groups is 6. The van der Waals surface area contributed by atoms with Crippen LogP contribution >= 0.6 is 0 Å². The molecule has 0 rings (SSSR count). The molecule has 14 heteroatoms. The molecule has 0 spiro atoms. The van der Waals surface area contributed by atoms with Crippen LogP contribution in [0.4, 0.5) is 9.59 Å². The van der Waals surface area contributed by atoms with Crippen LogP contribution in [-0.2, 0) is 28.7 Å². The number of aliphatic carboxylic acids is 2. The fourth-order valence-electron chi connectivity index (χ4n) is 1.99. The topological polar surface area (TPSA) is 237 Å². The van der Waals surface area contributed by atoms with Gasteiger partial charge in [-0.25, -0.2) is 19.2 Å². The molecule has 0 bridgehead atoms. The molecular weight excluding hydrogens is 456 g/mol. The van der Waals surface area contributed by atoms with Crippen molar-refractivity contribution in [2.24, 2.45) is 11.5 Å². The molecule has 0 heterocycles. The van der Waals surface area contributed by atoms with Crippen molar-refractivity contribution in [3.05, 3.63) is 0 Å². The first-order valence-corrected chi connectivity index (χ1v) is 10.2. The molecule has 14 nitrogen and oxygen atoms in total. The van der Waals surface area contributed by atoms with Gasteiger partial charge in [0.15, 0.2) is 0 Å². The van der Waals surface area contributed by atoms with Crippen molar-refractivity contribution < 1.29 is 48.5 Å². The van der Waals surface area contributed by atoms with Crippen LogP contribution in [0.2, 0.25) is 0 Å². The van der Waals surface area contributed by atoms with Crippen LogP contribution in [0.1, 0.15) is 67.2 Å². The van der Waals surface area contributed by atoms with Crippen molar-refractivity contribution in [3.63, 3.8) is 0 Å². The monoisotopic (exact) mass is 492 g/mol. The smallest absolute Gasteiger partial charge is 0.408 e. The fraction of sp³-hybridized carbons (Fsp3) is 0.700. The lowest BCUT2D eigenvalue weighted by Crippen LogP contribution is -2.43. The van der Waals surface area contributed by atoms with Gasteiger partial charge in [-0.3, -0.25) is 9.59 Å². The Labute approximate surface area is 197 Å². The van der Waals surface area contributed by atoms with E-state index in [2.05, 4.69) is 10.6 Å². The summed E-state index contributed by atoms with van der Waals surface area (Å²) in [6, 6.07) is -2.37. The lowest BCUT2D eigenvalue weighted by molar-refractivity contribution is -0.140. The van der Waals surface area contributed by atoms with Crippen LogP contribution in [0.15, 0.2) is 0 Å². The first kappa shape index (κ1) is 32.6. The third-order valence-corrected chi connectivity index (χ3v) is 3.34. The van der Waals surface area contributed by atoms with Crippen molar-refractivity contribution in [1.29, 1.82) is 0 Å². The minimum Gasteiger partial charge on any atom is -0.480 e. The number of hydrogen-bond acceptors (Lipinski definition) is 8. The van der Waals surface area contributed by atoms with E-state index in [1.807, 2.05) is 0 Å². The zero-order valence-electron chi connectivity index (χ0n) is 20.3. The van der Waals surface area contributed by atoms with E-state index in [1.54, 1.807) is 41.5 Å². The zero-order valence-corrected chi connectivity index (χ0v) is 20.3. The van der Waals surface area contributed by atoms with Gasteiger partial charge in [0.1, 0.15) is 23.3 Å². The van der Waals surface area contributed by atoms with E-state index in [-0.39, 0.29) is 25.7 Å². The second-order valence-electron chi connectivity index (χ2n) is 9.08. The second-order valence-corrected chi connectivity index (χ2v) is 9.08.